The van der Waals surface area contributed by atoms with Crippen LogP contribution in [0.25, 0.3) is 0 Å². The standard InChI is InChI=1S/C12H14BrNO/c1-8(7-9(2)14)12(15)10-3-5-11(13)6-4-10/h3-6,8,14H,7H2,1-2H3. The summed E-state index contributed by atoms with van der Waals surface area (Å²) in [7, 11) is 0. The minimum absolute atomic E-state index is 0.106. The summed E-state index contributed by atoms with van der Waals surface area (Å²) in [6.07, 6.45) is 0.537. The summed E-state index contributed by atoms with van der Waals surface area (Å²) >= 11 is 3.33. The molecule has 0 aliphatic carbocycles. The van der Waals surface area contributed by atoms with Crippen molar-refractivity contribution < 1.29 is 4.79 Å². The van der Waals surface area contributed by atoms with Gasteiger partial charge in [-0.2, -0.15) is 0 Å². The number of ketones is 1. The lowest BCUT2D eigenvalue weighted by Crippen LogP contribution is -2.13. The highest BCUT2D eigenvalue weighted by atomic mass is 79.9. The Hall–Kier alpha value is -0.960. The number of hydrogen-bond donors (Lipinski definition) is 1. The molecule has 0 heterocycles. The average molecular weight is 268 g/mol. The minimum atomic E-state index is -0.108. The van der Waals surface area contributed by atoms with Crippen LogP contribution in [-0.4, -0.2) is 11.5 Å². The van der Waals surface area contributed by atoms with Crippen LogP contribution in [0.5, 0.6) is 0 Å². The predicted molar refractivity (Wildman–Crippen MR) is 65.7 cm³/mol. The molecular formula is C12H14BrNO. The monoisotopic (exact) mass is 267 g/mol. The lowest BCUT2D eigenvalue weighted by atomic mass is 9.95. The molecule has 0 aliphatic rings. The molecular weight excluding hydrogens is 254 g/mol. The van der Waals surface area contributed by atoms with E-state index in [-0.39, 0.29) is 11.7 Å². The van der Waals surface area contributed by atoms with E-state index in [1.807, 2.05) is 31.2 Å². The van der Waals surface area contributed by atoms with Crippen molar-refractivity contribution in [3.05, 3.63) is 34.3 Å². The third-order valence-corrected chi connectivity index (χ3v) is 2.72. The van der Waals surface area contributed by atoms with E-state index in [1.165, 1.54) is 0 Å². The van der Waals surface area contributed by atoms with Crippen molar-refractivity contribution in [1.82, 2.24) is 0 Å². The van der Waals surface area contributed by atoms with Crippen LogP contribution >= 0.6 is 15.9 Å². The Morgan fingerprint density at radius 3 is 2.40 bits per heavy atom. The molecule has 0 aliphatic heterocycles. The normalized spacial score (nSPS) is 12.2. The fourth-order valence-electron chi connectivity index (χ4n) is 1.45. The van der Waals surface area contributed by atoms with Gasteiger partial charge in [-0.1, -0.05) is 35.0 Å². The molecule has 0 saturated heterocycles. The quantitative estimate of drug-likeness (QED) is 0.656. The summed E-state index contributed by atoms with van der Waals surface area (Å²) in [5, 5.41) is 7.35. The predicted octanol–water partition coefficient (Wildman–Crippen LogP) is 3.70. The van der Waals surface area contributed by atoms with Gasteiger partial charge in [-0.05, 0) is 25.5 Å². The first-order valence-electron chi connectivity index (χ1n) is 4.84. The summed E-state index contributed by atoms with van der Waals surface area (Å²) in [6, 6.07) is 7.33. The molecule has 0 bridgehead atoms. The maximum Gasteiger partial charge on any atom is 0.166 e. The second kappa shape index (κ2) is 5.21. The molecule has 80 valence electrons. The van der Waals surface area contributed by atoms with E-state index < -0.39 is 0 Å². The number of carbonyl (C=O) groups excluding carboxylic acids is 1. The van der Waals surface area contributed by atoms with Crippen LogP contribution in [0.4, 0.5) is 0 Å². The molecule has 2 nitrogen and oxygen atoms in total. The van der Waals surface area contributed by atoms with Crippen molar-refractivity contribution in [2.24, 2.45) is 5.92 Å². The highest BCUT2D eigenvalue weighted by Crippen LogP contribution is 2.15. The Balaban J connectivity index is 2.76. The topological polar surface area (TPSA) is 40.9 Å². The summed E-state index contributed by atoms with van der Waals surface area (Å²) in [5.41, 5.74) is 1.26. The van der Waals surface area contributed by atoms with Crippen LogP contribution in [0.15, 0.2) is 28.7 Å². The molecule has 1 aromatic carbocycles. The molecule has 0 saturated carbocycles. The highest BCUT2D eigenvalue weighted by Gasteiger charge is 2.15. The van der Waals surface area contributed by atoms with Crippen LogP contribution in [0, 0.1) is 11.3 Å². The first-order valence-corrected chi connectivity index (χ1v) is 5.64. The second-order valence-corrected chi connectivity index (χ2v) is 4.67. The number of carbonyl (C=O) groups is 1. The average Bonchev–Trinajstić information content (AvgIpc) is 2.17. The van der Waals surface area contributed by atoms with Gasteiger partial charge in [0.05, 0.1) is 0 Å². The van der Waals surface area contributed by atoms with E-state index >= 15 is 0 Å². The molecule has 0 spiro atoms. The largest absolute Gasteiger partial charge is 0.310 e. The van der Waals surface area contributed by atoms with Crippen LogP contribution in [0.1, 0.15) is 30.6 Å². The van der Waals surface area contributed by atoms with Gasteiger partial charge in [-0.3, -0.25) is 4.79 Å². The molecule has 1 rings (SSSR count). The second-order valence-electron chi connectivity index (χ2n) is 3.76. The summed E-state index contributed by atoms with van der Waals surface area (Å²) in [5.74, 6) is -0.00206. The van der Waals surface area contributed by atoms with Gasteiger partial charge < -0.3 is 5.41 Å². The van der Waals surface area contributed by atoms with Crippen molar-refractivity contribution >= 4 is 27.4 Å². The Morgan fingerprint density at radius 1 is 1.40 bits per heavy atom. The third-order valence-electron chi connectivity index (χ3n) is 2.19. The molecule has 0 aromatic heterocycles. The lowest BCUT2D eigenvalue weighted by molar-refractivity contribution is 0.0933. The van der Waals surface area contributed by atoms with Crippen molar-refractivity contribution in [2.45, 2.75) is 20.3 Å². The molecule has 3 heteroatoms. The smallest absolute Gasteiger partial charge is 0.166 e. The first kappa shape index (κ1) is 12.1. The Morgan fingerprint density at radius 2 is 1.93 bits per heavy atom. The summed E-state index contributed by atoms with van der Waals surface area (Å²) in [6.45, 7) is 3.59. The van der Waals surface area contributed by atoms with E-state index in [0.717, 1.165) is 4.47 Å². The van der Waals surface area contributed by atoms with Gasteiger partial charge in [0.1, 0.15) is 0 Å². The van der Waals surface area contributed by atoms with Crippen LogP contribution < -0.4 is 0 Å². The zero-order valence-corrected chi connectivity index (χ0v) is 10.5. The Labute approximate surface area is 98.3 Å². The van der Waals surface area contributed by atoms with E-state index in [2.05, 4.69) is 15.9 Å². The number of Topliss-reactive ketones (excluding diaryl/α,β-unsaturated/α-hetero) is 1. The van der Waals surface area contributed by atoms with Crippen molar-refractivity contribution in [3.8, 4) is 0 Å². The van der Waals surface area contributed by atoms with Gasteiger partial charge in [-0.15, -0.1) is 0 Å². The van der Waals surface area contributed by atoms with Crippen LogP contribution in [-0.2, 0) is 0 Å². The van der Waals surface area contributed by atoms with Crippen molar-refractivity contribution in [3.63, 3.8) is 0 Å². The van der Waals surface area contributed by atoms with Gasteiger partial charge in [-0.25, -0.2) is 0 Å². The van der Waals surface area contributed by atoms with Crippen LogP contribution in [0.2, 0.25) is 0 Å². The van der Waals surface area contributed by atoms with Gasteiger partial charge in [0.25, 0.3) is 0 Å². The Kier molecular flexibility index (Phi) is 4.21. The molecule has 1 N–H and O–H groups in total. The van der Waals surface area contributed by atoms with Crippen molar-refractivity contribution in [2.75, 3.05) is 0 Å². The summed E-state index contributed by atoms with van der Waals surface area (Å²) in [4.78, 5) is 11.9. The number of benzene rings is 1. The number of nitrogens with one attached hydrogen (secondary N) is 1. The van der Waals surface area contributed by atoms with E-state index in [4.69, 9.17) is 5.41 Å². The fraction of sp³-hybridized carbons (Fsp3) is 0.333. The molecule has 0 radical (unpaired) electrons. The maximum absolute atomic E-state index is 11.9. The van der Waals surface area contributed by atoms with E-state index in [9.17, 15) is 4.79 Å². The number of halogens is 1. The molecule has 1 atom stereocenters. The summed E-state index contributed by atoms with van der Waals surface area (Å²) < 4.78 is 0.968. The van der Waals surface area contributed by atoms with Gasteiger partial charge >= 0.3 is 0 Å². The molecule has 15 heavy (non-hydrogen) atoms. The van der Waals surface area contributed by atoms with E-state index in [0.29, 0.717) is 17.7 Å². The SMILES string of the molecule is CC(=N)CC(C)C(=O)c1ccc(Br)cc1. The van der Waals surface area contributed by atoms with Crippen LogP contribution in [0.3, 0.4) is 0 Å². The van der Waals surface area contributed by atoms with Gasteiger partial charge in [0.2, 0.25) is 0 Å². The highest BCUT2D eigenvalue weighted by molar-refractivity contribution is 9.10. The number of hydrogen-bond acceptors (Lipinski definition) is 2. The maximum atomic E-state index is 11.9. The first-order chi connectivity index (χ1) is 7.00. The zero-order chi connectivity index (χ0) is 11.4. The molecule has 1 unspecified atom stereocenters. The molecule has 1 aromatic rings. The number of rotatable bonds is 4. The molecule has 0 fully saturated rings. The van der Waals surface area contributed by atoms with E-state index in [1.54, 1.807) is 6.92 Å². The zero-order valence-electron chi connectivity index (χ0n) is 8.88. The van der Waals surface area contributed by atoms with Gasteiger partial charge in [0, 0.05) is 21.7 Å². The third kappa shape index (κ3) is 3.59. The fourth-order valence-corrected chi connectivity index (χ4v) is 1.71. The lowest BCUT2D eigenvalue weighted by Gasteiger charge is -2.09. The van der Waals surface area contributed by atoms with Crippen molar-refractivity contribution in [1.29, 1.82) is 5.41 Å². The van der Waals surface area contributed by atoms with Gasteiger partial charge in [0.15, 0.2) is 5.78 Å². The molecule has 0 amide bonds. The minimum Gasteiger partial charge on any atom is -0.310 e. The Bertz CT molecular complexity index is 370.